The van der Waals surface area contributed by atoms with Gasteiger partial charge in [0.15, 0.2) is 0 Å². The standard InChI is InChI=1S/C24H26N4O5/c1-24(2,3)33-23(31)28-12-10-27(11-13-28)17-8-9-20(25-15-17)26-21(29)18-14-16-6-4-5-7-19(16)32-22(18)30/h4-9,14-15H,10-13H2,1-3H3,(H,25,26,29). The second-order valence-corrected chi connectivity index (χ2v) is 8.80. The van der Waals surface area contributed by atoms with Crippen LogP contribution in [0, 0.1) is 0 Å². The smallest absolute Gasteiger partial charge is 0.410 e. The number of benzene rings is 1. The average molecular weight is 450 g/mol. The molecule has 1 aliphatic rings. The zero-order chi connectivity index (χ0) is 23.6. The molecule has 3 heterocycles. The van der Waals surface area contributed by atoms with Gasteiger partial charge < -0.3 is 24.3 Å². The molecule has 1 aromatic carbocycles. The van der Waals surface area contributed by atoms with Crippen molar-refractivity contribution < 1.29 is 18.7 Å². The van der Waals surface area contributed by atoms with Crippen LogP contribution in [0.2, 0.25) is 0 Å². The molecule has 4 rings (SSSR count). The number of rotatable bonds is 3. The Morgan fingerprint density at radius 1 is 1.06 bits per heavy atom. The first kappa shape index (κ1) is 22.3. The first-order valence-electron chi connectivity index (χ1n) is 10.7. The summed E-state index contributed by atoms with van der Waals surface area (Å²) in [7, 11) is 0. The van der Waals surface area contributed by atoms with E-state index in [1.165, 1.54) is 6.07 Å². The molecule has 0 unspecified atom stereocenters. The van der Waals surface area contributed by atoms with Gasteiger partial charge in [-0.15, -0.1) is 0 Å². The SMILES string of the molecule is CC(C)(C)OC(=O)N1CCN(c2ccc(NC(=O)c3cc4ccccc4oc3=O)nc2)CC1. The predicted octanol–water partition coefficient (Wildman–Crippen LogP) is 3.50. The number of nitrogens with zero attached hydrogens (tertiary/aromatic N) is 3. The molecule has 172 valence electrons. The number of fused-ring (bicyclic) bond motifs is 1. The summed E-state index contributed by atoms with van der Waals surface area (Å²) < 4.78 is 10.6. The van der Waals surface area contributed by atoms with Crippen molar-refractivity contribution in [3.05, 3.63) is 64.6 Å². The van der Waals surface area contributed by atoms with Crippen LogP contribution in [0.4, 0.5) is 16.3 Å². The number of anilines is 2. The molecular weight excluding hydrogens is 424 g/mol. The number of hydrogen-bond donors (Lipinski definition) is 1. The molecule has 3 aromatic rings. The average Bonchev–Trinajstić information content (AvgIpc) is 2.78. The van der Waals surface area contributed by atoms with Crippen molar-refractivity contribution in [1.82, 2.24) is 9.88 Å². The Kier molecular flexibility index (Phi) is 6.04. The number of carbonyl (C=O) groups excluding carboxylic acids is 2. The van der Waals surface area contributed by atoms with Crippen molar-refractivity contribution >= 4 is 34.5 Å². The molecule has 0 aliphatic carbocycles. The Bertz CT molecular complexity index is 1220. The molecule has 1 N–H and O–H groups in total. The number of pyridine rings is 1. The van der Waals surface area contributed by atoms with Gasteiger partial charge in [-0.05, 0) is 45.0 Å². The van der Waals surface area contributed by atoms with E-state index in [0.717, 1.165) is 5.69 Å². The molecular formula is C24H26N4O5. The molecule has 2 aromatic heterocycles. The van der Waals surface area contributed by atoms with E-state index in [0.29, 0.717) is 43.0 Å². The summed E-state index contributed by atoms with van der Waals surface area (Å²) in [4.78, 5) is 45.1. The molecule has 1 saturated heterocycles. The minimum absolute atomic E-state index is 0.0853. The third-order valence-corrected chi connectivity index (χ3v) is 5.17. The summed E-state index contributed by atoms with van der Waals surface area (Å²) in [5, 5.41) is 3.30. The number of piperazine rings is 1. The summed E-state index contributed by atoms with van der Waals surface area (Å²) in [6, 6.07) is 12.0. The zero-order valence-electron chi connectivity index (χ0n) is 18.8. The van der Waals surface area contributed by atoms with Gasteiger partial charge in [-0.3, -0.25) is 4.79 Å². The molecule has 0 bridgehead atoms. The van der Waals surface area contributed by atoms with Gasteiger partial charge in [0.05, 0.1) is 11.9 Å². The second kappa shape index (κ2) is 8.93. The van der Waals surface area contributed by atoms with E-state index in [1.807, 2.05) is 26.8 Å². The molecule has 1 aliphatic heterocycles. The van der Waals surface area contributed by atoms with Gasteiger partial charge in [0, 0.05) is 31.6 Å². The van der Waals surface area contributed by atoms with E-state index in [2.05, 4.69) is 15.2 Å². The molecule has 0 radical (unpaired) electrons. The lowest BCUT2D eigenvalue weighted by atomic mass is 10.2. The number of para-hydroxylation sites is 1. The Morgan fingerprint density at radius 3 is 2.45 bits per heavy atom. The highest BCUT2D eigenvalue weighted by atomic mass is 16.6. The monoisotopic (exact) mass is 450 g/mol. The minimum Gasteiger partial charge on any atom is -0.444 e. The fraction of sp³-hybridized carbons (Fsp3) is 0.333. The van der Waals surface area contributed by atoms with Gasteiger partial charge in [0.25, 0.3) is 5.91 Å². The normalized spacial score (nSPS) is 14.3. The van der Waals surface area contributed by atoms with Gasteiger partial charge in [0.2, 0.25) is 0 Å². The lowest BCUT2D eigenvalue weighted by Crippen LogP contribution is -2.50. The van der Waals surface area contributed by atoms with Crippen molar-refractivity contribution in [1.29, 1.82) is 0 Å². The highest BCUT2D eigenvalue weighted by Crippen LogP contribution is 2.19. The third-order valence-electron chi connectivity index (χ3n) is 5.17. The summed E-state index contributed by atoms with van der Waals surface area (Å²) in [5.74, 6) is -0.260. The van der Waals surface area contributed by atoms with Crippen molar-refractivity contribution in [2.24, 2.45) is 0 Å². The van der Waals surface area contributed by atoms with Gasteiger partial charge in [0.1, 0.15) is 22.6 Å². The Labute approximate surface area is 191 Å². The van der Waals surface area contributed by atoms with Crippen LogP contribution in [-0.2, 0) is 4.74 Å². The number of amides is 2. The number of ether oxygens (including phenoxy) is 1. The van der Waals surface area contributed by atoms with Crippen LogP contribution in [0.1, 0.15) is 31.1 Å². The van der Waals surface area contributed by atoms with Crippen molar-refractivity contribution in [3.8, 4) is 0 Å². The first-order chi connectivity index (χ1) is 15.7. The van der Waals surface area contributed by atoms with Crippen LogP contribution in [0.25, 0.3) is 11.0 Å². The minimum atomic E-state index is -0.703. The molecule has 9 heteroatoms. The van der Waals surface area contributed by atoms with Crippen LogP contribution in [0.3, 0.4) is 0 Å². The maximum Gasteiger partial charge on any atom is 0.410 e. The number of carbonyl (C=O) groups is 2. The summed E-state index contributed by atoms with van der Waals surface area (Å²) in [6.07, 6.45) is 1.35. The van der Waals surface area contributed by atoms with Crippen LogP contribution < -0.4 is 15.8 Å². The quantitative estimate of drug-likeness (QED) is 0.609. The van der Waals surface area contributed by atoms with E-state index >= 15 is 0 Å². The molecule has 33 heavy (non-hydrogen) atoms. The molecule has 2 amide bonds. The molecule has 0 spiro atoms. The first-order valence-corrected chi connectivity index (χ1v) is 10.7. The summed E-state index contributed by atoms with van der Waals surface area (Å²) in [6.45, 7) is 7.92. The van der Waals surface area contributed by atoms with Crippen molar-refractivity contribution in [2.75, 3.05) is 36.4 Å². The zero-order valence-corrected chi connectivity index (χ0v) is 18.8. The maximum absolute atomic E-state index is 12.6. The Morgan fingerprint density at radius 2 is 1.79 bits per heavy atom. The predicted molar refractivity (Wildman–Crippen MR) is 125 cm³/mol. The van der Waals surface area contributed by atoms with E-state index < -0.39 is 17.1 Å². The van der Waals surface area contributed by atoms with Crippen LogP contribution >= 0.6 is 0 Å². The highest BCUT2D eigenvalue weighted by Gasteiger charge is 2.26. The molecule has 0 atom stereocenters. The Hall–Kier alpha value is -3.88. The number of hydrogen-bond acceptors (Lipinski definition) is 7. The van der Waals surface area contributed by atoms with Gasteiger partial charge in [-0.2, -0.15) is 0 Å². The van der Waals surface area contributed by atoms with Crippen LogP contribution in [0.15, 0.2) is 57.9 Å². The fourth-order valence-electron chi connectivity index (χ4n) is 3.52. The van der Waals surface area contributed by atoms with Crippen LogP contribution in [-0.4, -0.2) is 53.7 Å². The van der Waals surface area contributed by atoms with E-state index in [4.69, 9.17) is 9.15 Å². The van der Waals surface area contributed by atoms with E-state index in [1.54, 1.807) is 41.4 Å². The largest absolute Gasteiger partial charge is 0.444 e. The number of aromatic nitrogens is 1. The highest BCUT2D eigenvalue weighted by molar-refractivity contribution is 6.05. The number of nitrogens with one attached hydrogen (secondary N) is 1. The summed E-state index contributed by atoms with van der Waals surface area (Å²) >= 11 is 0. The lowest BCUT2D eigenvalue weighted by molar-refractivity contribution is 0.0240. The molecule has 9 nitrogen and oxygen atoms in total. The van der Waals surface area contributed by atoms with Gasteiger partial charge in [-0.1, -0.05) is 18.2 Å². The van der Waals surface area contributed by atoms with E-state index in [9.17, 15) is 14.4 Å². The van der Waals surface area contributed by atoms with Crippen LogP contribution in [0.5, 0.6) is 0 Å². The van der Waals surface area contributed by atoms with Gasteiger partial charge >= 0.3 is 11.7 Å². The molecule has 0 saturated carbocycles. The topological polar surface area (TPSA) is 105 Å². The summed E-state index contributed by atoms with van der Waals surface area (Å²) in [5.41, 5.74) is -0.00879. The molecule has 1 fully saturated rings. The second-order valence-electron chi connectivity index (χ2n) is 8.80. The van der Waals surface area contributed by atoms with Crippen molar-refractivity contribution in [2.45, 2.75) is 26.4 Å². The lowest BCUT2D eigenvalue weighted by Gasteiger charge is -2.36. The maximum atomic E-state index is 12.6. The van der Waals surface area contributed by atoms with E-state index in [-0.39, 0.29) is 11.7 Å². The Balaban J connectivity index is 1.37. The fourth-order valence-corrected chi connectivity index (χ4v) is 3.52. The third kappa shape index (κ3) is 5.31. The van der Waals surface area contributed by atoms with Gasteiger partial charge in [-0.25, -0.2) is 14.6 Å². The van der Waals surface area contributed by atoms with Crippen molar-refractivity contribution in [3.63, 3.8) is 0 Å².